The summed E-state index contributed by atoms with van der Waals surface area (Å²) in [5, 5.41) is 13.0. The molecule has 0 unspecified atom stereocenters. The minimum Gasteiger partial charge on any atom is -0.387 e. The van der Waals surface area contributed by atoms with Gasteiger partial charge in [0.15, 0.2) is 0 Å². The molecule has 0 aliphatic rings. The summed E-state index contributed by atoms with van der Waals surface area (Å²) >= 11 is 0. The van der Waals surface area contributed by atoms with Crippen molar-refractivity contribution in [3.05, 3.63) is 71.5 Å². The van der Waals surface area contributed by atoms with E-state index in [2.05, 4.69) is 5.32 Å². The van der Waals surface area contributed by atoms with E-state index in [1.54, 1.807) is 18.2 Å². The van der Waals surface area contributed by atoms with Crippen molar-refractivity contribution >= 4 is 0 Å². The first kappa shape index (κ1) is 12.7. The Bertz CT molecular complexity index is 487. The molecule has 2 nitrogen and oxygen atoms in total. The van der Waals surface area contributed by atoms with Gasteiger partial charge in [-0.05, 0) is 11.6 Å². The molecule has 0 saturated carbocycles. The van der Waals surface area contributed by atoms with Gasteiger partial charge in [0.05, 0.1) is 6.10 Å². The molecule has 0 heterocycles. The molecule has 3 heteroatoms. The molecule has 0 amide bonds. The average molecular weight is 245 g/mol. The lowest BCUT2D eigenvalue weighted by molar-refractivity contribution is 0.169. The van der Waals surface area contributed by atoms with Crippen LogP contribution in [-0.2, 0) is 6.54 Å². The number of nitrogens with one attached hydrogen (secondary N) is 1. The van der Waals surface area contributed by atoms with Gasteiger partial charge in [-0.3, -0.25) is 0 Å². The molecule has 0 aliphatic heterocycles. The maximum atomic E-state index is 13.4. The second kappa shape index (κ2) is 6.28. The van der Waals surface area contributed by atoms with E-state index in [1.165, 1.54) is 6.07 Å². The molecule has 0 saturated heterocycles. The summed E-state index contributed by atoms with van der Waals surface area (Å²) in [5.74, 6) is -0.369. The van der Waals surface area contributed by atoms with Gasteiger partial charge in [-0.2, -0.15) is 0 Å². The lowest BCUT2D eigenvalue weighted by atomic mass is 10.1. The quantitative estimate of drug-likeness (QED) is 0.848. The molecule has 0 radical (unpaired) electrons. The summed E-state index contributed by atoms with van der Waals surface area (Å²) < 4.78 is 13.4. The zero-order chi connectivity index (χ0) is 12.8. The van der Waals surface area contributed by atoms with Crippen molar-refractivity contribution in [3.63, 3.8) is 0 Å². The molecule has 1 atom stereocenters. The highest BCUT2D eigenvalue weighted by Gasteiger charge is 2.11. The van der Waals surface area contributed by atoms with Gasteiger partial charge >= 0.3 is 0 Å². The minimum absolute atomic E-state index is 0.329. The summed E-state index contributed by atoms with van der Waals surface area (Å²) in [6.07, 6.45) is -0.824. The fourth-order valence-electron chi connectivity index (χ4n) is 1.80. The number of hydrogen-bond donors (Lipinski definition) is 2. The van der Waals surface area contributed by atoms with Gasteiger partial charge in [0.25, 0.3) is 0 Å². The summed E-state index contributed by atoms with van der Waals surface area (Å²) in [6.45, 7) is 0.988. The number of hydrogen-bond acceptors (Lipinski definition) is 2. The molecular formula is C15H16FNO. The van der Waals surface area contributed by atoms with E-state index in [9.17, 15) is 9.50 Å². The second-order valence-corrected chi connectivity index (χ2v) is 4.15. The highest BCUT2D eigenvalue weighted by molar-refractivity contribution is 5.20. The molecular weight excluding hydrogens is 229 g/mol. The number of aliphatic hydroxyl groups excluding tert-OH is 1. The number of halogens is 1. The van der Waals surface area contributed by atoms with Crippen LogP contribution in [0, 0.1) is 5.82 Å². The van der Waals surface area contributed by atoms with Crippen molar-refractivity contribution in [1.82, 2.24) is 5.32 Å². The van der Waals surface area contributed by atoms with E-state index in [0.717, 1.165) is 5.56 Å². The Kier molecular flexibility index (Phi) is 4.45. The van der Waals surface area contributed by atoms with Crippen LogP contribution in [0.3, 0.4) is 0 Å². The molecule has 2 aromatic carbocycles. The Morgan fingerprint density at radius 2 is 1.67 bits per heavy atom. The van der Waals surface area contributed by atoms with Crippen LogP contribution in [-0.4, -0.2) is 11.7 Å². The molecule has 18 heavy (non-hydrogen) atoms. The van der Waals surface area contributed by atoms with E-state index in [0.29, 0.717) is 18.7 Å². The largest absolute Gasteiger partial charge is 0.387 e. The molecule has 0 bridgehead atoms. The molecule has 0 fully saturated rings. The van der Waals surface area contributed by atoms with Crippen LogP contribution in [0.4, 0.5) is 4.39 Å². The molecule has 0 aromatic heterocycles. The topological polar surface area (TPSA) is 32.3 Å². The van der Waals surface area contributed by atoms with Crippen LogP contribution in [0.2, 0.25) is 0 Å². The van der Waals surface area contributed by atoms with Crippen LogP contribution in [0.5, 0.6) is 0 Å². The van der Waals surface area contributed by atoms with E-state index in [4.69, 9.17) is 0 Å². The van der Waals surface area contributed by atoms with Gasteiger partial charge < -0.3 is 10.4 Å². The SMILES string of the molecule is O[C@@H](CNCc1ccccc1)c1ccccc1F. The fourth-order valence-corrected chi connectivity index (χ4v) is 1.80. The first-order chi connectivity index (χ1) is 8.77. The van der Waals surface area contributed by atoms with Crippen molar-refractivity contribution in [1.29, 1.82) is 0 Å². The van der Waals surface area contributed by atoms with E-state index >= 15 is 0 Å². The predicted octanol–water partition coefficient (Wildman–Crippen LogP) is 2.65. The Hall–Kier alpha value is -1.71. The molecule has 2 rings (SSSR count). The summed E-state index contributed by atoms with van der Waals surface area (Å²) in [4.78, 5) is 0. The number of benzene rings is 2. The first-order valence-corrected chi connectivity index (χ1v) is 5.94. The normalized spacial score (nSPS) is 12.3. The Morgan fingerprint density at radius 1 is 1.00 bits per heavy atom. The predicted molar refractivity (Wildman–Crippen MR) is 69.5 cm³/mol. The summed E-state index contributed by atoms with van der Waals surface area (Å²) in [7, 11) is 0. The van der Waals surface area contributed by atoms with E-state index < -0.39 is 6.10 Å². The second-order valence-electron chi connectivity index (χ2n) is 4.15. The lowest BCUT2D eigenvalue weighted by Crippen LogP contribution is -2.21. The van der Waals surface area contributed by atoms with Gasteiger partial charge in [0.1, 0.15) is 5.82 Å². The number of aliphatic hydroxyl groups is 1. The lowest BCUT2D eigenvalue weighted by Gasteiger charge is -2.13. The highest BCUT2D eigenvalue weighted by Crippen LogP contribution is 2.15. The Labute approximate surface area is 106 Å². The highest BCUT2D eigenvalue weighted by atomic mass is 19.1. The third kappa shape index (κ3) is 3.39. The standard InChI is InChI=1S/C15H16FNO/c16-14-9-5-4-8-13(14)15(18)11-17-10-12-6-2-1-3-7-12/h1-9,15,17-18H,10-11H2/t15-/m0/s1. The van der Waals surface area contributed by atoms with E-state index in [-0.39, 0.29) is 5.82 Å². The van der Waals surface area contributed by atoms with Crippen molar-refractivity contribution in [2.75, 3.05) is 6.54 Å². The molecule has 2 N–H and O–H groups in total. The molecule has 0 aliphatic carbocycles. The monoisotopic (exact) mass is 245 g/mol. The molecule has 0 spiro atoms. The van der Waals surface area contributed by atoms with Crippen molar-refractivity contribution in [3.8, 4) is 0 Å². The van der Waals surface area contributed by atoms with Gasteiger partial charge in [0.2, 0.25) is 0 Å². The maximum absolute atomic E-state index is 13.4. The summed E-state index contributed by atoms with van der Waals surface area (Å²) in [6, 6.07) is 16.2. The Balaban J connectivity index is 1.86. The van der Waals surface area contributed by atoms with Gasteiger partial charge in [-0.1, -0.05) is 48.5 Å². The zero-order valence-corrected chi connectivity index (χ0v) is 10.0. The van der Waals surface area contributed by atoms with Crippen LogP contribution in [0.1, 0.15) is 17.2 Å². The average Bonchev–Trinajstić information content (AvgIpc) is 2.40. The Morgan fingerprint density at radius 3 is 2.39 bits per heavy atom. The van der Waals surface area contributed by atoms with E-state index in [1.807, 2.05) is 30.3 Å². The van der Waals surface area contributed by atoms with Crippen LogP contribution >= 0.6 is 0 Å². The third-order valence-corrected chi connectivity index (χ3v) is 2.77. The van der Waals surface area contributed by atoms with Crippen molar-refractivity contribution < 1.29 is 9.50 Å². The van der Waals surface area contributed by atoms with Crippen LogP contribution in [0.15, 0.2) is 54.6 Å². The smallest absolute Gasteiger partial charge is 0.129 e. The van der Waals surface area contributed by atoms with Crippen LogP contribution in [0.25, 0.3) is 0 Å². The number of rotatable bonds is 5. The minimum atomic E-state index is -0.824. The van der Waals surface area contributed by atoms with Gasteiger partial charge in [0, 0.05) is 18.7 Å². The zero-order valence-electron chi connectivity index (χ0n) is 10.0. The fraction of sp³-hybridized carbons (Fsp3) is 0.200. The third-order valence-electron chi connectivity index (χ3n) is 2.77. The van der Waals surface area contributed by atoms with Gasteiger partial charge in [-0.25, -0.2) is 4.39 Å². The molecule has 2 aromatic rings. The van der Waals surface area contributed by atoms with Gasteiger partial charge in [-0.15, -0.1) is 0 Å². The molecule has 94 valence electrons. The van der Waals surface area contributed by atoms with Crippen LogP contribution < -0.4 is 5.32 Å². The maximum Gasteiger partial charge on any atom is 0.129 e. The van der Waals surface area contributed by atoms with Crippen molar-refractivity contribution in [2.45, 2.75) is 12.6 Å². The summed E-state index contributed by atoms with van der Waals surface area (Å²) in [5.41, 5.74) is 1.47. The van der Waals surface area contributed by atoms with Crippen molar-refractivity contribution in [2.24, 2.45) is 0 Å². The first-order valence-electron chi connectivity index (χ1n) is 5.94.